The van der Waals surface area contributed by atoms with E-state index < -0.39 is 10.7 Å². The Balaban J connectivity index is 0. The summed E-state index contributed by atoms with van der Waals surface area (Å²) in [6.45, 7) is 3.22. The van der Waals surface area contributed by atoms with Crippen molar-refractivity contribution in [2.75, 3.05) is 5.75 Å². The van der Waals surface area contributed by atoms with Gasteiger partial charge in [-0.15, -0.1) is 6.58 Å². The molecule has 4 heteroatoms. The molecule has 0 aliphatic rings. The van der Waals surface area contributed by atoms with Crippen LogP contribution in [0.4, 0.5) is 0 Å². The summed E-state index contributed by atoms with van der Waals surface area (Å²) in [5.74, 6) is 0.0926. The summed E-state index contributed by atoms with van der Waals surface area (Å²) in [4.78, 5) is 0. The second-order valence-corrected chi connectivity index (χ2v) is 1.83. The minimum atomic E-state index is -2.22. The van der Waals surface area contributed by atoms with Crippen LogP contribution in [0.2, 0.25) is 0 Å². The molecule has 0 heterocycles. The van der Waals surface area contributed by atoms with Crippen LogP contribution < -0.4 is 0 Å². The van der Waals surface area contributed by atoms with E-state index in [1.807, 2.05) is 0 Å². The Morgan fingerprint density at radius 3 is 2.00 bits per heavy atom. The molecule has 0 saturated heterocycles. The van der Waals surface area contributed by atoms with Gasteiger partial charge in [-0.1, -0.05) is 6.08 Å². The Morgan fingerprint density at radius 1 is 1.57 bits per heavy atom. The molecule has 0 aromatic rings. The molecule has 0 bridgehead atoms. The maximum absolute atomic E-state index is 9.57. The van der Waals surface area contributed by atoms with Gasteiger partial charge in [-0.25, -0.2) is 8.42 Å². The van der Waals surface area contributed by atoms with E-state index in [4.69, 9.17) is 0 Å². The van der Waals surface area contributed by atoms with Gasteiger partial charge in [0.15, 0.2) is 0 Å². The van der Waals surface area contributed by atoms with E-state index in [1.54, 1.807) is 0 Å². The predicted octanol–water partition coefficient (Wildman–Crippen LogP) is -0.865. The Kier molecular flexibility index (Phi) is 9.26. The van der Waals surface area contributed by atoms with Crippen LogP contribution in [0.1, 0.15) is 0 Å². The molecule has 0 amide bonds. The third-order valence-electron chi connectivity index (χ3n) is 0.278. The van der Waals surface area contributed by atoms with Gasteiger partial charge in [0.25, 0.3) is 0 Å². The molecule has 2 nitrogen and oxygen atoms in total. The molecular weight excluding hydrogens is 107 g/mol. The van der Waals surface area contributed by atoms with Gasteiger partial charge in [-0.3, -0.25) is 0 Å². The van der Waals surface area contributed by atoms with Crippen LogP contribution in [0.15, 0.2) is 12.7 Å². The minimum absolute atomic E-state index is 0. The van der Waals surface area contributed by atoms with Gasteiger partial charge in [-0.2, -0.15) is 0 Å². The molecule has 0 radical (unpaired) electrons. The molecule has 0 aromatic carbocycles. The standard InChI is InChI=1S/C3H6O2S.Li.H/c1-2-3-6(4)5;;/h2,6H,1,3H2;;. The molecule has 7 heavy (non-hydrogen) atoms. The normalized spacial score (nSPS) is 7.57. The van der Waals surface area contributed by atoms with Crippen LogP contribution in [0, 0.1) is 0 Å². The van der Waals surface area contributed by atoms with Crippen LogP contribution in [-0.4, -0.2) is 33.0 Å². The van der Waals surface area contributed by atoms with Gasteiger partial charge in [0.1, 0.15) is 10.7 Å². The van der Waals surface area contributed by atoms with E-state index in [0.29, 0.717) is 0 Å². The van der Waals surface area contributed by atoms with Gasteiger partial charge >= 0.3 is 18.9 Å². The second-order valence-electron chi connectivity index (χ2n) is 0.804. The van der Waals surface area contributed by atoms with Crippen molar-refractivity contribution in [2.24, 2.45) is 0 Å². The molecule has 0 unspecified atom stereocenters. The number of hydrogen-bond acceptors (Lipinski definition) is 2. The average Bonchev–Trinajstić information content (AvgIpc) is 1.35. The van der Waals surface area contributed by atoms with Crippen molar-refractivity contribution in [3.63, 3.8) is 0 Å². The van der Waals surface area contributed by atoms with Crippen LogP contribution in [0.5, 0.6) is 0 Å². The molecule has 0 aromatic heterocycles. The fraction of sp³-hybridized carbons (Fsp3) is 0.333. The van der Waals surface area contributed by atoms with Crippen LogP contribution >= 0.6 is 0 Å². The van der Waals surface area contributed by atoms with Crippen LogP contribution in [0.25, 0.3) is 0 Å². The van der Waals surface area contributed by atoms with Gasteiger partial charge in [0.2, 0.25) is 0 Å². The van der Waals surface area contributed by atoms with Gasteiger partial charge in [0.05, 0.1) is 5.75 Å². The summed E-state index contributed by atoms with van der Waals surface area (Å²) >= 11 is 0. The van der Waals surface area contributed by atoms with Crippen molar-refractivity contribution in [3.05, 3.63) is 12.7 Å². The topological polar surface area (TPSA) is 34.1 Å². The van der Waals surface area contributed by atoms with E-state index in [-0.39, 0.29) is 24.6 Å². The summed E-state index contributed by atoms with van der Waals surface area (Å²) in [5.41, 5.74) is 0. The number of rotatable bonds is 2. The van der Waals surface area contributed by atoms with E-state index >= 15 is 0 Å². The predicted molar refractivity (Wildman–Crippen MR) is 32.5 cm³/mol. The summed E-state index contributed by atoms with van der Waals surface area (Å²) < 4.78 is 19.1. The first-order chi connectivity index (χ1) is 2.77. The van der Waals surface area contributed by atoms with E-state index in [2.05, 4.69) is 6.58 Å². The summed E-state index contributed by atoms with van der Waals surface area (Å²) in [7, 11) is -2.22. The average molecular weight is 114 g/mol. The van der Waals surface area contributed by atoms with Gasteiger partial charge < -0.3 is 0 Å². The van der Waals surface area contributed by atoms with Crippen molar-refractivity contribution in [1.82, 2.24) is 0 Å². The summed E-state index contributed by atoms with van der Waals surface area (Å²) in [6.07, 6.45) is 1.35. The van der Waals surface area contributed by atoms with Crippen molar-refractivity contribution in [3.8, 4) is 0 Å². The quantitative estimate of drug-likeness (QED) is 0.288. The van der Waals surface area contributed by atoms with E-state index in [1.165, 1.54) is 6.08 Å². The Morgan fingerprint density at radius 2 is 2.00 bits per heavy atom. The fourth-order valence-corrected chi connectivity index (χ4v) is 0.316. The SMILES string of the molecule is C=CC[SH](=O)=O.[LiH]. The van der Waals surface area contributed by atoms with Gasteiger partial charge in [0, 0.05) is 0 Å². The van der Waals surface area contributed by atoms with Crippen molar-refractivity contribution < 1.29 is 8.42 Å². The molecule has 0 rings (SSSR count). The number of thiol groups is 1. The third kappa shape index (κ3) is 10.7. The zero-order valence-corrected chi connectivity index (χ0v) is 4.15. The Labute approximate surface area is 56.7 Å². The summed E-state index contributed by atoms with van der Waals surface area (Å²) in [5, 5.41) is 0. The fourth-order valence-electron chi connectivity index (χ4n) is 0.105. The maximum atomic E-state index is 9.57. The van der Waals surface area contributed by atoms with E-state index in [9.17, 15) is 8.42 Å². The zero-order chi connectivity index (χ0) is 4.99. The van der Waals surface area contributed by atoms with Crippen molar-refractivity contribution in [1.29, 1.82) is 0 Å². The first kappa shape index (κ1) is 10.3. The molecule has 0 aliphatic carbocycles. The van der Waals surface area contributed by atoms with Crippen LogP contribution in [-0.2, 0) is 10.7 Å². The Hall–Kier alpha value is 0.287. The molecule has 38 valence electrons. The molecule has 0 N–H and O–H groups in total. The van der Waals surface area contributed by atoms with Crippen LogP contribution in [0.3, 0.4) is 0 Å². The van der Waals surface area contributed by atoms with Crippen molar-refractivity contribution >= 4 is 29.6 Å². The first-order valence-corrected chi connectivity index (χ1v) is 2.86. The monoisotopic (exact) mass is 114 g/mol. The second kappa shape index (κ2) is 6.29. The molecule has 0 aliphatic heterocycles. The number of hydrogen-bond donors (Lipinski definition) is 1. The van der Waals surface area contributed by atoms with Gasteiger partial charge in [-0.05, 0) is 0 Å². The molecule has 0 fully saturated rings. The zero-order valence-electron chi connectivity index (χ0n) is 3.26. The molecule has 0 atom stereocenters. The summed E-state index contributed by atoms with van der Waals surface area (Å²) in [6, 6.07) is 0. The van der Waals surface area contributed by atoms with Crippen molar-refractivity contribution in [2.45, 2.75) is 0 Å². The molecular formula is C3H7LiO2S. The van der Waals surface area contributed by atoms with E-state index in [0.717, 1.165) is 0 Å². The third-order valence-corrected chi connectivity index (χ3v) is 0.835. The molecule has 0 saturated carbocycles. The molecule has 0 spiro atoms. The Bertz CT molecular complexity index is 99.5. The first-order valence-electron chi connectivity index (χ1n) is 1.50.